The third-order valence-corrected chi connectivity index (χ3v) is 4.08. The smallest absolute Gasteiger partial charge is 0.262 e. The third-order valence-electron chi connectivity index (χ3n) is 4.08. The van der Waals surface area contributed by atoms with Crippen LogP contribution in [0.25, 0.3) is 6.08 Å². The summed E-state index contributed by atoms with van der Waals surface area (Å²) in [4.78, 5) is 12.2. The predicted molar refractivity (Wildman–Crippen MR) is 79.5 cm³/mol. The Balaban J connectivity index is 2.19. The maximum absolute atomic E-state index is 13.6. The average Bonchev–Trinajstić information content (AvgIpc) is 2.49. The molecule has 1 aromatic rings. The van der Waals surface area contributed by atoms with E-state index < -0.39 is 17.5 Å². The van der Waals surface area contributed by atoms with Crippen LogP contribution in [0.3, 0.4) is 0 Å². The number of nitrogens with zero attached hydrogens (tertiary/aromatic N) is 1. The first kappa shape index (κ1) is 16.2. The Labute approximate surface area is 128 Å². The molecule has 22 heavy (non-hydrogen) atoms. The first-order valence-electron chi connectivity index (χ1n) is 7.39. The first-order valence-corrected chi connectivity index (χ1v) is 7.39. The molecule has 0 aliphatic heterocycles. The molecule has 0 bridgehead atoms. The fourth-order valence-corrected chi connectivity index (χ4v) is 2.72. The summed E-state index contributed by atoms with van der Waals surface area (Å²) < 4.78 is 27.2. The van der Waals surface area contributed by atoms with Gasteiger partial charge in [-0.15, -0.1) is 0 Å². The summed E-state index contributed by atoms with van der Waals surface area (Å²) in [6.07, 6.45) is 5.02. The molecule has 5 heteroatoms. The monoisotopic (exact) mass is 304 g/mol. The lowest BCUT2D eigenvalue weighted by atomic mass is 9.86. The number of hydrogen-bond acceptors (Lipinski definition) is 2. The Hall–Kier alpha value is -2.22. The van der Waals surface area contributed by atoms with Crippen LogP contribution in [0.15, 0.2) is 23.8 Å². The Morgan fingerprint density at radius 1 is 1.32 bits per heavy atom. The van der Waals surface area contributed by atoms with Crippen LogP contribution in [0.4, 0.5) is 8.78 Å². The van der Waals surface area contributed by atoms with Crippen LogP contribution in [-0.2, 0) is 4.79 Å². The van der Waals surface area contributed by atoms with Crippen molar-refractivity contribution in [1.82, 2.24) is 5.32 Å². The lowest BCUT2D eigenvalue weighted by molar-refractivity contribution is -0.118. The van der Waals surface area contributed by atoms with E-state index in [1.165, 1.54) is 6.07 Å². The standard InChI is InChI=1S/C17H18F2N2O/c1-11-5-2-3-8-16(11)21-17(22)12(10-20)9-13-14(18)6-4-7-15(13)19/h4,6-7,9,11,16H,2-3,5,8H2,1H3,(H,21,22)/b12-9+/t11-,16+/m1/s1. The van der Waals surface area contributed by atoms with Crippen LogP contribution in [0, 0.1) is 28.9 Å². The topological polar surface area (TPSA) is 52.9 Å². The highest BCUT2D eigenvalue weighted by molar-refractivity contribution is 6.01. The van der Waals surface area contributed by atoms with Crippen molar-refractivity contribution in [2.45, 2.75) is 38.6 Å². The van der Waals surface area contributed by atoms with E-state index in [4.69, 9.17) is 5.26 Å². The molecule has 116 valence electrons. The lowest BCUT2D eigenvalue weighted by Gasteiger charge is -2.29. The molecule has 1 amide bonds. The number of amides is 1. The minimum absolute atomic E-state index is 0.00321. The van der Waals surface area contributed by atoms with E-state index >= 15 is 0 Å². The second-order valence-electron chi connectivity index (χ2n) is 5.65. The number of rotatable bonds is 3. The molecule has 2 atom stereocenters. The molecule has 0 heterocycles. The van der Waals surface area contributed by atoms with Crippen molar-refractivity contribution in [2.24, 2.45) is 5.92 Å². The van der Waals surface area contributed by atoms with Crippen LogP contribution in [0.2, 0.25) is 0 Å². The minimum Gasteiger partial charge on any atom is -0.348 e. The van der Waals surface area contributed by atoms with Crippen LogP contribution >= 0.6 is 0 Å². The number of carbonyl (C=O) groups is 1. The number of benzene rings is 1. The molecule has 3 nitrogen and oxygen atoms in total. The van der Waals surface area contributed by atoms with Crippen molar-refractivity contribution in [3.63, 3.8) is 0 Å². The summed E-state index contributed by atoms with van der Waals surface area (Å²) in [6, 6.07) is 5.14. The number of nitrogens with one attached hydrogen (secondary N) is 1. The van der Waals surface area contributed by atoms with E-state index in [1.54, 1.807) is 6.07 Å². The van der Waals surface area contributed by atoms with E-state index in [0.717, 1.165) is 43.9 Å². The summed E-state index contributed by atoms with van der Waals surface area (Å²) in [5, 5.41) is 11.9. The van der Waals surface area contributed by atoms with Gasteiger partial charge in [-0.05, 0) is 37.0 Å². The zero-order valence-electron chi connectivity index (χ0n) is 12.4. The largest absolute Gasteiger partial charge is 0.348 e. The van der Waals surface area contributed by atoms with Gasteiger partial charge in [0.25, 0.3) is 5.91 Å². The van der Waals surface area contributed by atoms with Crippen LogP contribution in [0.1, 0.15) is 38.2 Å². The lowest BCUT2D eigenvalue weighted by Crippen LogP contribution is -2.41. The van der Waals surface area contributed by atoms with Crippen molar-refractivity contribution in [3.05, 3.63) is 41.0 Å². The van der Waals surface area contributed by atoms with Gasteiger partial charge in [0.1, 0.15) is 23.3 Å². The van der Waals surface area contributed by atoms with Gasteiger partial charge in [0.15, 0.2) is 0 Å². The molecular formula is C17H18F2N2O. The van der Waals surface area contributed by atoms with Gasteiger partial charge >= 0.3 is 0 Å². The summed E-state index contributed by atoms with van der Waals surface area (Å²) in [5.74, 6) is -1.84. The van der Waals surface area contributed by atoms with E-state index in [0.29, 0.717) is 5.92 Å². The van der Waals surface area contributed by atoms with Crippen LogP contribution in [0.5, 0.6) is 0 Å². The Morgan fingerprint density at radius 3 is 2.55 bits per heavy atom. The third kappa shape index (κ3) is 3.70. The van der Waals surface area contributed by atoms with E-state index in [2.05, 4.69) is 12.2 Å². The van der Waals surface area contributed by atoms with Gasteiger partial charge < -0.3 is 5.32 Å². The number of carbonyl (C=O) groups excluding carboxylic acids is 1. The normalized spacial score (nSPS) is 22.0. The maximum atomic E-state index is 13.6. The van der Waals surface area contributed by atoms with E-state index in [1.807, 2.05) is 0 Å². The van der Waals surface area contributed by atoms with Crippen molar-refractivity contribution in [1.29, 1.82) is 5.26 Å². The van der Waals surface area contributed by atoms with Crippen molar-refractivity contribution < 1.29 is 13.6 Å². The molecule has 0 aromatic heterocycles. The number of halogens is 2. The molecule has 1 aliphatic carbocycles. The Morgan fingerprint density at radius 2 is 1.95 bits per heavy atom. The quantitative estimate of drug-likeness (QED) is 0.685. The molecule has 1 aromatic carbocycles. The van der Waals surface area contributed by atoms with Gasteiger partial charge in [0, 0.05) is 11.6 Å². The van der Waals surface area contributed by atoms with Gasteiger partial charge in [0.2, 0.25) is 0 Å². The second-order valence-corrected chi connectivity index (χ2v) is 5.65. The summed E-state index contributed by atoms with van der Waals surface area (Å²) >= 11 is 0. The van der Waals surface area contributed by atoms with E-state index in [-0.39, 0.29) is 17.2 Å². The number of nitriles is 1. The van der Waals surface area contributed by atoms with Gasteiger partial charge in [-0.3, -0.25) is 4.79 Å². The van der Waals surface area contributed by atoms with Gasteiger partial charge in [-0.1, -0.05) is 25.8 Å². The molecule has 1 aliphatic rings. The zero-order chi connectivity index (χ0) is 16.1. The van der Waals surface area contributed by atoms with Gasteiger partial charge in [-0.2, -0.15) is 5.26 Å². The number of hydrogen-bond donors (Lipinski definition) is 1. The summed E-state index contributed by atoms with van der Waals surface area (Å²) in [6.45, 7) is 2.05. The van der Waals surface area contributed by atoms with Gasteiger partial charge in [0.05, 0.1) is 0 Å². The SMILES string of the molecule is C[C@@H]1CCCC[C@@H]1NC(=O)/C(C#N)=C/c1c(F)cccc1F. The van der Waals surface area contributed by atoms with Gasteiger partial charge in [-0.25, -0.2) is 8.78 Å². The molecule has 0 unspecified atom stereocenters. The van der Waals surface area contributed by atoms with Crippen LogP contribution < -0.4 is 5.32 Å². The maximum Gasteiger partial charge on any atom is 0.262 e. The fourth-order valence-electron chi connectivity index (χ4n) is 2.72. The molecule has 1 N–H and O–H groups in total. The summed E-state index contributed by atoms with van der Waals surface area (Å²) in [5.41, 5.74) is -0.660. The Kier molecular flexibility index (Phi) is 5.26. The predicted octanol–water partition coefficient (Wildman–Crippen LogP) is 3.57. The molecule has 1 saturated carbocycles. The molecule has 0 radical (unpaired) electrons. The highest BCUT2D eigenvalue weighted by Gasteiger charge is 2.24. The average molecular weight is 304 g/mol. The molecular weight excluding hydrogens is 286 g/mol. The van der Waals surface area contributed by atoms with Crippen molar-refractivity contribution in [2.75, 3.05) is 0 Å². The fraction of sp³-hybridized carbons (Fsp3) is 0.412. The Bertz CT molecular complexity index is 614. The minimum atomic E-state index is -0.799. The van der Waals surface area contributed by atoms with Crippen LogP contribution in [-0.4, -0.2) is 11.9 Å². The van der Waals surface area contributed by atoms with E-state index in [9.17, 15) is 13.6 Å². The highest BCUT2D eigenvalue weighted by atomic mass is 19.1. The van der Waals surface area contributed by atoms with Crippen molar-refractivity contribution in [3.8, 4) is 6.07 Å². The molecule has 1 fully saturated rings. The highest BCUT2D eigenvalue weighted by Crippen LogP contribution is 2.24. The zero-order valence-corrected chi connectivity index (χ0v) is 12.4. The van der Waals surface area contributed by atoms with Crippen molar-refractivity contribution >= 4 is 12.0 Å². The molecule has 0 spiro atoms. The first-order chi connectivity index (χ1) is 10.5. The summed E-state index contributed by atoms with van der Waals surface area (Å²) in [7, 11) is 0. The second kappa shape index (κ2) is 7.17. The molecule has 2 rings (SSSR count). The molecule has 0 saturated heterocycles.